The molecule has 0 aliphatic heterocycles. The first kappa shape index (κ1) is 20.9. The number of hydrogen-bond acceptors (Lipinski definition) is 3. The second-order valence-electron chi connectivity index (χ2n) is 6.41. The first-order chi connectivity index (χ1) is 12.8. The minimum absolute atomic E-state index is 0.0182. The first-order valence-electron chi connectivity index (χ1n) is 9.00. The van der Waals surface area contributed by atoms with Crippen molar-refractivity contribution in [2.24, 2.45) is 0 Å². The Hall–Kier alpha value is -2.41. The van der Waals surface area contributed by atoms with Gasteiger partial charge in [-0.2, -0.15) is 0 Å². The number of aryl methyl sites for hydroxylation is 1. The lowest BCUT2D eigenvalue weighted by atomic mass is 10.2. The number of sulfonamides is 1. The van der Waals surface area contributed by atoms with E-state index >= 15 is 0 Å². The summed E-state index contributed by atoms with van der Waals surface area (Å²) in [5.74, 6) is -0.644. The van der Waals surface area contributed by atoms with Crippen molar-refractivity contribution in [3.05, 3.63) is 59.4 Å². The third-order valence-corrected chi connectivity index (χ3v) is 5.53. The number of nitrogens with one attached hydrogen (secondary N) is 2. The van der Waals surface area contributed by atoms with Crippen molar-refractivity contribution in [2.75, 3.05) is 11.3 Å². The highest BCUT2D eigenvalue weighted by molar-refractivity contribution is 7.92. The second kappa shape index (κ2) is 9.50. The fourth-order valence-electron chi connectivity index (χ4n) is 2.54. The molecule has 2 aromatic carbocycles. The van der Waals surface area contributed by atoms with E-state index in [1.807, 2.05) is 0 Å². The number of amides is 1. The van der Waals surface area contributed by atoms with E-state index in [0.29, 0.717) is 17.8 Å². The van der Waals surface area contributed by atoms with E-state index in [4.69, 9.17) is 0 Å². The summed E-state index contributed by atoms with van der Waals surface area (Å²) in [6, 6.07) is 9.80. The molecule has 1 amide bonds. The molecule has 0 unspecified atom stereocenters. The molecule has 0 bridgehead atoms. The van der Waals surface area contributed by atoms with Crippen molar-refractivity contribution in [1.82, 2.24) is 5.32 Å². The van der Waals surface area contributed by atoms with Gasteiger partial charge in [0.25, 0.3) is 15.9 Å². The Morgan fingerprint density at radius 2 is 1.74 bits per heavy atom. The Morgan fingerprint density at radius 1 is 1.04 bits per heavy atom. The van der Waals surface area contributed by atoms with Crippen molar-refractivity contribution in [3.63, 3.8) is 0 Å². The zero-order valence-corrected chi connectivity index (χ0v) is 16.4. The van der Waals surface area contributed by atoms with Crippen molar-refractivity contribution in [2.45, 2.75) is 44.4 Å². The molecule has 2 aromatic rings. The topological polar surface area (TPSA) is 75.3 Å². The van der Waals surface area contributed by atoms with Gasteiger partial charge in [-0.25, -0.2) is 12.8 Å². The monoisotopic (exact) mass is 392 g/mol. The third-order valence-electron chi connectivity index (χ3n) is 4.15. The SMILES string of the molecule is CCCCCCNC(=O)c1ccc(NS(=O)(=O)c2ccc(F)c(C)c2)cc1. The number of rotatable bonds is 9. The number of hydrogen-bond donors (Lipinski definition) is 2. The molecular formula is C20H25FN2O3S. The van der Waals surface area contributed by atoms with Crippen molar-refractivity contribution in [1.29, 1.82) is 0 Å². The molecule has 0 aromatic heterocycles. The van der Waals surface area contributed by atoms with Crippen LogP contribution in [-0.2, 0) is 10.0 Å². The lowest BCUT2D eigenvalue weighted by molar-refractivity contribution is 0.0953. The van der Waals surface area contributed by atoms with Gasteiger partial charge in [0.1, 0.15) is 5.82 Å². The summed E-state index contributed by atoms with van der Waals surface area (Å²) in [5.41, 5.74) is 1.05. The van der Waals surface area contributed by atoms with Gasteiger partial charge >= 0.3 is 0 Å². The van der Waals surface area contributed by atoms with Gasteiger partial charge in [0.15, 0.2) is 0 Å². The fraction of sp³-hybridized carbons (Fsp3) is 0.350. The van der Waals surface area contributed by atoms with Crippen LogP contribution in [0.3, 0.4) is 0 Å². The summed E-state index contributed by atoms with van der Waals surface area (Å²) in [6.07, 6.45) is 4.32. The Labute approximate surface area is 160 Å². The molecule has 2 N–H and O–H groups in total. The minimum Gasteiger partial charge on any atom is -0.352 e. The molecule has 0 spiro atoms. The molecule has 0 heterocycles. The normalized spacial score (nSPS) is 11.2. The van der Waals surface area contributed by atoms with Crippen LogP contribution in [0.1, 0.15) is 48.5 Å². The van der Waals surface area contributed by atoms with Crippen LogP contribution < -0.4 is 10.0 Å². The highest BCUT2D eigenvalue weighted by Crippen LogP contribution is 2.19. The first-order valence-corrected chi connectivity index (χ1v) is 10.5. The molecule has 0 saturated carbocycles. The lowest BCUT2D eigenvalue weighted by Gasteiger charge is -2.10. The van der Waals surface area contributed by atoms with Gasteiger partial charge in [-0.3, -0.25) is 9.52 Å². The highest BCUT2D eigenvalue weighted by Gasteiger charge is 2.16. The maximum Gasteiger partial charge on any atom is 0.261 e. The Kier molecular flexibility index (Phi) is 7.36. The van der Waals surface area contributed by atoms with Crippen LogP contribution in [-0.4, -0.2) is 20.9 Å². The summed E-state index contributed by atoms with van der Waals surface area (Å²) in [7, 11) is -3.83. The zero-order valence-electron chi connectivity index (χ0n) is 15.6. The molecule has 0 aliphatic carbocycles. The van der Waals surface area contributed by atoms with E-state index in [1.54, 1.807) is 12.1 Å². The molecular weight excluding hydrogens is 367 g/mol. The van der Waals surface area contributed by atoms with Crippen LogP contribution in [0.5, 0.6) is 0 Å². The van der Waals surface area contributed by atoms with E-state index in [2.05, 4.69) is 17.0 Å². The molecule has 27 heavy (non-hydrogen) atoms. The second-order valence-corrected chi connectivity index (χ2v) is 8.09. The number of anilines is 1. The van der Waals surface area contributed by atoms with Crippen LogP contribution in [0.2, 0.25) is 0 Å². The number of benzene rings is 2. The molecule has 7 heteroatoms. The van der Waals surface area contributed by atoms with Crippen molar-refractivity contribution < 1.29 is 17.6 Å². The summed E-state index contributed by atoms with van der Waals surface area (Å²) < 4.78 is 40.6. The molecule has 0 saturated heterocycles. The van der Waals surface area contributed by atoms with Crippen LogP contribution in [0, 0.1) is 12.7 Å². The standard InChI is InChI=1S/C20H25FN2O3S/c1-3-4-5-6-13-22-20(24)16-7-9-17(10-8-16)23-27(25,26)18-11-12-19(21)15(2)14-18/h7-12,14,23H,3-6,13H2,1-2H3,(H,22,24). The summed E-state index contributed by atoms with van der Waals surface area (Å²) in [5, 5.41) is 2.85. The summed E-state index contributed by atoms with van der Waals surface area (Å²) in [4.78, 5) is 12.1. The predicted molar refractivity (Wildman–Crippen MR) is 105 cm³/mol. The van der Waals surface area contributed by atoms with Crippen LogP contribution in [0.25, 0.3) is 0 Å². The molecule has 0 radical (unpaired) electrons. The Morgan fingerprint density at radius 3 is 2.37 bits per heavy atom. The minimum atomic E-state index is -3.83. The lowest BCUT2D eigenvalue weighted by Crippen LogP contribution is -2.24. The Balaban J connectivity index is 1.98. The van der Waals surface area contributed by atoms with Gasteiger partial charge in [-0.05, 0) is 61.4 Å². The molecule has 0 fully saturated rings. The number of carbonyl (C=O) groups is 1. The summed E-state index contributed by atoms with van der Waals surface area (Å²) >= 11 is 0. The van der Waals surface area contributed by atoms with Crippen LogP contribution in [0.15, 0.2) is 47.4 Å². The average molecular weight is 392 g/mol. The highest BCUT2D eigenvalue weighted by atomic mass is 32.2. The van der Waals surface area contributed by atoms with E-state index in [-0.39, 0.29) is 16.4 Å². The van der Waals surface area contributed by atoms with Crippen LogP contribution in [0.4, 0.5) is 10.1 Å². The van der Waals surface area contributed by atoms with E-state index < -0.39 is 15.8 Å². The smallest absolute Gasteiger partial charge is 0.261 e. The zero-order chi connectivity index (χ0) is 19.9. The van der Waals surface area contributed by atoms with Gasteiger partial charge in [-0.15, -0.1) is 0 Å². The van der Waals surface area contributed by atoms with Crippen molar-refractivity contribution >= 4 is 21.6 Å². The molecule has 146 valence electrons. The van der Waals surface area contributed by atoms with E-state index in [1.165, 1.54) is 31.2 Å². The van der Waals surface area contributed by atoms with E-state index in [0.717, 1.165) is 31.7 Å². The fourth-order valence-corrected chi connectivity index (χ4v) is 3.69. The molecule has 2 rings (SSSR count). The predicted octanol–water partition coefficient (Wildman–Crippen LogP) is 4.25. The average Bonchev–Trinajstić information content (AvgIpc) is 2.64. The molecule has 0 aliphatic rings. The van der Waals surface area contributed by atoms with Gasteiger partial charge in [-0.1, -0.05) is 26.2 Å². The number of unbranched alkanes of at least 4 members (excludes halogenated alkanes) is 3. The van der Waals surface area contributed by atoms with Gasteiger partial charge in [0.05, 0.1) is 4.90 Å². The number of carbonyl (C=O) groups excluding carboxylic acids is 1. The van der Waals surface area contributed by atoms with Crippen LogP contribution >= 0.6 is 0 Å². The number of halogens is 1. The van der Waals surface area contributed by atoms with Gasteiger partial charge < -0.3 is 5.32 Å². The molecule has 0 atom stereocenters. The van der Waals surface area contributed by atoms with Gasteiger partial charge in [0, 0.05) is 17.8 Å². The largest absolute Gasteiger partial charge is 0.352 e. The molecule has 5 nitrogen and oxygen atoms in total. The van der Waals surface area contributed by atoms with Gasteiger partial charge in [0.2, 0.25) is 0 Å². The maximum absolute atomic E-state index is 13.3. The summed E-state index contributed by atoms with van der Waals surface area (Å²) in [6.45, 7) is 4.26. The maximum atomic E-state index is 13.3. The Bertz CT molecular complexity index is 881. The third kappa shape index (κ3) is 6.06. The van der Waals surface area contributed by atoms with Crippen molar-refractivity contribution in [3.8, 4) is 0 Å². The van der Waals surface area contributed by atoms with E-state index in [9.17, 15) is 17.6 Å². The quantitative estimate of drug-likeness (QED) is 0.627.